The van der Waals surface area contributed by atoms with Gasteiger partial charge < -0.3 is 14.8 Å². The number of hydrogen-bond acceptors (Lipinski definition) is 3. The number of benzene rings is 1. The summed E-state index contributed by atoms with van der Waals surface area (Å²) in [6.45, 7) is 7.49. The van der Waals surface area contributed by atoms with Crippen molar-refractivity contribution < 1.29 is 9.47 Å². The molecule has 0 amide bonds. The lowest BCUT2D eigenvalue weighted by Gasteiger charge is -2.32. The second-order valence-electron chi connectivity index (χ2n) is 5.99. The quantitative estimate of drug-likeness (QED) is 0.886. The van der Waals surface area contributed by atoms with Crippen LogP contribution in [-0.4, -0.2) is 31.4 Å². The number of nitrogens with one attached hydrogen (secondary N) is 1. The van der Waals surface area contributed by atoms with Crippen LogP contribution < -0.4 is 10.1 Å². The predicted octanol–water partition coefficient (Wildman–Crippen LogP) is 2.78. The van der Waals surface area contributed by atoms with Crippen LogP contribution >= 0.6 is 0 Å². The van der Waals surface area contributed by atoms with Crippen molar-refractivity contribution in [1.82, 2.24) is 5.32 Å². The molecule has 3 nitrogen and oxygen atoms in total. The van der Waals surface area contributed by atoms with Gasteiger partial charge in [-0.15, -0.1) is 0 Å². The van der Waals surface area contributed by atoms with Gasteiger partial charge in [0.15, 0.2) is 0 Å². The number of rotatable bonds is 5. The summed E-state index contributed by atoms with van der Waals surface area (Å²) in [6.07, 6.45) is 2.34. The van der Waals surface area contributed by atoms with E-state index < -0.39 is 0 Å². The molecule has 0 aliphatic carbocycles. The van der Waals surface area contributed by atoms with Gasteiger partial charge >= 0.3 is 0 Å². The van der Waals surface area contributed by atoms with Gasteiger partial charge in [-0.05, 0) is 45.2 Å². The highest BCUT2D eigenvalue weighted by Crippen LogP contribution is 2.24. The summed E-state index contributed by atoms with van der Waals surface area (Å²) in [5, 5.41) is 3.72. The largest absolute Gasteiger partial charge is 0.496 e. The predicted molar refractivity (Wildman–Crippen MR) is 77.7 cm³/mol. The van der Waals surface area contributed by atoms with E-state index in [9.17, 15) is 0 Å². The minimum Gasteiger partial charge on any atom is -0.496 e. The molecule has 1 aliphatic heterocycles. The van der Waals surface area contributed by atoms with Crippen LogP contribution in [0.15, 0.2) is 24.3 Å². The van der Waals surface area contributed by atoms with E-state index in [1.54, 1.807) is 7.11 Å². The third-order valence-corrected chi connectivity index (χ3v) is 3.78. The van der Waals surface area contributed by atoms with E-state index in [0.29, 0.717) is 12.1 Å². The summed E-state index contributed by atoms with van der Waals surface area (Å²) in [5.74, 6) is 0.966. The van der Waals surface area contributed by atoms with Crippen molar-refractivity contribution in [2.45, 2.75) is 51.3 Å². The highest BCUT2D eigenvalue weighted by molar-refractivity contribution is 5.34. The first kappa shape index (κ1) is 14.4. The first-order valence-corrected chi connectivity index (χ1v) is 7.03. The van der Waals surface area contributed by atoms with Gasteiger partial charge in [-0.3, -0.25) is 0 Å². The maximum atomic E-state index is 5.62. The Bertz CT molecular complexity index is 417. The summed E-state index contributed by atoms with van der Waals surface area (Å²) in [4.78, 5) is 0. The first-order chi connectivity index (χ1) is 9.02. The van der Waals surface area contributed by atoms with Crippen LogP contribution in [0.3, 0.4) is 0 Å². The number of hydrogen-bond donors (Lipinski definition) is 1. The zero-order valence-electron chi connectivity index (χ0n) is 12.4. The van der Waals surface area contributed by atoms with Gasteiger partial charge in [-0.1, -0.05) is 18.2 Å². The molecule has 3 heteroatoms. The molecule has 1 N–H and O–H groups in total. The van der Waals surface area contributed by atoms with E-state index in [2.05, 4.69) is 38.2 Å². The van der Waals surface area contributed by atoms with E-state index in [1.807, 2.05) is 12.1 Å². The molecule has 1 heterocycles. The molecule has 0 radical (unpaired) electrons. The normalized spacial score (nSPS) is 23.6. The van der Waals surface area contributed by atoms with Crippen molar-refractivity contribution in [2.24, 2.45) is 0 Å². The Morgan fingerprint density at radius 3 is 2.74 bits per heavy atom. The Hall–Kier alpha value is -1.06. The van der Waals surface area contributed by atoms with Crippen molar-refractivity contribution in [2.75, 3.05) is 13.7 Å². The van der Waals surface area contributed by atoms with Crippen LogP contribution in [0.25, 0.3) is 0 Å². The fourth-order valence-corrected chi connectivity index (χ4v) is 2.80. The van der Waals surface area contributed by atoms with Crippen LogP contribution in [-0.2, 0) is 11.2 Å². The molecule has 0 aromatic heterocycles. The lowest BCUT2D eigenvalue weighted by Crippen LogP contribution is -2.49. The van der Waals surface area contributed by atoms with Crippen LogP contribution in [0.1, 0.15) is 32.8 Å². The number of methoxy groups -OCH3 is 1. The highest BCUT2D eigenvalue weighted by atomic mass is 16.5. The molecule has 1 aromatic carbocycles. The Morgan fingerprint density at radius 2 is 2.11 bits per heavy atom. The molecule has 106 valence electrons. The summed E-state index contributed by atoms with van der Waals surface area (Å²) >= 11 is 0. The average Bonchev–Trinajstić information content (AvgIpc) is 2.74. The van der Waals surface area contributed by atoms with Gasteiger partial charge in [0.2, 0.25) is 0 Å². The monoisotopic (exact) mass is 263 g/mol. The molecule has 1 aromatic rings. The lowest BCUT2D eigenvalue weighted by molar-refractivity contribution is 0.106. The minimum absolute atomic E-state index is 0.0290. The fraction of sp³-hybridized carbons (Fsp3) is 0.625. The minimum atomic E-state index is 0.0290. The van der Waals surface area contributed by atoms with E-state index in [1.165, 1.54) is 5.56 Å². The third-order valence-electron chi connectivity index (χ3n) is 3.78. The maximum Gasteiger partial charge on any atom is 0.122 e. The SMILES string of the molecule is COc1ccccc1CC(C)(C)N[C@@H]1CCO[C@H]1C. The zero-order valence-corrected chi connectivity index (χ0v) is 12.4. The molecule has 2 rings (SSSR count). The number of para-hydroxylation sites is 1. The molecule has 0 bridgehead atoms. The Kier molecular flexibility index (Phi) is 4.48. The molecular formula is C16H25NO2. The van der Waals surface area contributed by atoms with E-state index in [0.717, 1.165) is 25.2 Å². The van der Waals surface area contributed by atoms with Crippen molar-refractivity contribution in [1.29, 1.82) is 0 Å². The Labute approximate surface area is 116 Å². The molecule has 19 heavy (non-hydrogen) atoms. The summed E-state index contributed by atoms with van der Waals surface area (Å²) in [6, 6.07) is 8.68. The molecule has 1 saturated heterocycles. The van der Waals surface area contributed by atoms with Crippen LogP contribution in [0, 0.1) is 0 Å². The van der Waals surface area contributed by atoms with Gasteiger partial charge in [0.05, 0.1) is 13.2 Å². The van der Waals surface area contributed by atoms with Gasteiger partial charge in [0, 0.05) is 18.2 Å². The summed E-state index contributed by atoms with van der Waals surface area (Å²) in [5.41, 5.74) is 1.27. The standard InChI is InChI=1S/C16H25NO2/c1-12-14(9-10-19-12)17-16(2,3)11-13-7-5-6-8-15(13)18-4/h5-8,12,14,17H,9-11H2,1-4H3/t12-,14+/m0/s1. The third kappa shape index (κ3) is 3.71. The molecule has 1 aliphatic rings. The van der Waals surface area contributed by atoms with Crippen molar-refractivity contribution in [3.63, 3.8) is 0 Å². The van der Waals surface area contributed by atoms with E-state index >= 15 is 0 Å². The second kappa shape index (κ2) is 5.93. The van der Waals surface area contributed by atoms with Crippen LogP contribution in [0.5, 0.6) is 5.75 Å². The topological polar surface area (TPSA) is 30.5 Å². The zero-order chi connectivity index (χ0) is 13.9. The molecule has 0 saturated carbocycles. The maximum absolute atomic E-state index is 5.62. The second-order valence-corrected chi connectivity index (χ2v) is 5.99. The van der Waals surface area contributed by atoms with Crippen molar-refractivity contribution >= 4 is 0 Å². The smallest absolute Gasteiger partial charge is 0.122 e. The molecular weight excluding hydrogens is 238 g/mol. The van der Waals surface area contributed by atoms with Gasteiger partial charge in [0.1, 0.15) is 5.75 Å². The number of ether oxygens (including phenoxy) is 2. The molecule has 2 atom stereocenters. The molecule has 0 spiro atoms. The van der Waals surface area contributed by atoms with Gasteiger partial charge in [-0.2, -0.15) is 0 Å². The van der Waals surface area contributed by atoms with E-state index in [4.69, 9.17) is 9.47 Å². The molecule has 0 unspecified atom stereocenters. The van der Waals surface area contributed by atoms with Crippen molar-refractivity contribution in [3.05, 3.63) is 29.8 Å². The fourth-order valence-electron chi connectivity index (χ4n) is 2.80. The summed E-state index contributed by atoms with van der Waals surface area (Å²) in [7, 11) is 1.73. The van der Waals surface area contributed by atoms with Gasteiger partial charge in [-0.25, -0.2) is 0 Å². The van der Waals surface area contributed by atoms with Crippen molar-refractivity contribution in [3.8, 4) is 5.75 Å². The van der Waals surface area contributed by atoms with Gasteiger partial charge in [0.25, 0.3) is 0 Å². The summed E-state index contributed by atoms with van der Waals surface area (Å²) < 4.78 is 11.0. The lowest BCUT2D eigenvalue weighted by atomic mass is 9.92. The Balaban J connectivity index is 2.03. The van der Waals surface area contributed by atoms with Crippen LogP contribution in [0.2, 0.25) is 0 Å². The molecule has 1 fully saturated rings. The Morgan fingerprint density at radius 1 is 1.37 bits per heavy atom. The van der Waals surface area contributed by atoms with E-state index in [-0.39, 0.29) is 5.54 Å². The first-order valence-electron chi connectivity index (χ1n) is 7.03. The highest BCUT2D eigenvalue weighted by Gasteiger charge is 2.30. The average molecular weight is 263 g/mol. The van der Waals surface area contributed by atoms with Crippen LogP contribution in [0.4, 0.5) is 0 Å².